The minimum absolute atomic E-state index is 0.0646. The van der Waals surface area contributed by atoms with E-state index in [2.05, 4.69) is 9.97 Å². The first-order chi connectivity index (χ1) is 17.7. The number of nitrogens with zero attached hydrogens (tertiary/aromatic N) is 2. The molecule has 37 heavy (non-hydrogen) atoms. The van der Waals surface area contributed by atoms with E-state index in [1.165, 1.54) is 12.1 Å². The monoisotopic (exact) mass is 505 g/mol. The van der Waals surface area contributed by atoms with Gasteiger partial charge in [-0.05, 0) is 69.3 Å². The van der Waals surface area contributed by atoms with Gasteiger partial charge in [-0.2, -0.15) is 0 Å². The van der Waals surface area contributed by atoms with Crippen molar-refractivity contribution in [1.29, 1.82) is 5.41 Å². The Hall–Kier alpha value is -4.40. The Kier molecular flexibility index (Phi) is 7.71. The number of nitrogens with one attached hydrogen (secondary N) is 2. The fraction of sp³-hybridized carbons (Fsp3) is 0.214. The Labute approximate surface area is 214 Å². The first-order valence-corrected chi connectivity index (χ1v) is 11.9. The minimum atomic E-state index is -0.543. The molecule has 1 heterocycles. The fourth-order valence-corrected chi connectivity index (χ4v) is 3.84. The summed E-state index contributed by atoms with van der Waals surface area (Å²) in [4.78, 5) is 9.52. The SMILES string of the molecule is CCOc1cc(OC(C)C)c(F)c(N(Cc2nc(-c3ccc(F)cc3)c[nH]2)c2ccc(C(=N)N)cc2)c1. The quantitative estimate of drug-likeness (QED) is 0.177. The molecular formula is C28H29F2N5O2. The molecule has 1 aromatic heterocycles. The lowest BCUT2D eigenvalue weighted by Crippen LogP contribution is -2.20. The van der Waals surface area contributed by atoms with Gasteiger partial charge in [0, 0.05) is 35.1 Å². The van der Waals surface area contributed by atoms with Gasteiger partial charge in [0.15, 0.2) is 11.6 Å². The summed E-state index contributed by atoms with van der Waals surface area (Å²) in [6.07, 6.45) is 1.48. The number of aromatic nitrogens is 2. The molecule has 4 rings (SSSR count). The van der Waals surface area contributed by atoms with Gasteiger partial charge in [0.05, 0.1) is 30.6 Å². The third-order valence-electron chi connectivity index (χ3n) is 5.53. The number of hydrogen-bond donors (Lipinski definition) is 3. The highest BCUT2D eigenvalue weighted by atomic mass is 19.1. The van der Waals surface area contributed by atoms with Crippen LogP contribution in [0.25, 0.3) is 11.3 Å². The molecule has 0 saturated heterocycles. The second-order valence-corrected chi connectivity index (χ2v) is 8.64. The Morgan fingerprint density at radius 2 is 1.78 bits per heavy atom. The van der Waals surface area contributed by atoms with Crippen molar-refractivity contribution < 1.29 is 18.3 Å². The van der Waals surface area contributed by atoms with Gasteiger partial charge in [0.1, 0.15) is 23.2 Å². The summed E-state index contributed by atoms with van der Waals surface area (Å²) in [7, 11) is 0. The van der Waals surface area contributed by atoms with E-state index < -0.39 is 5.82 Å². The summed E-state index contributed by atoms with van der Waals surface area (Å²) in [6, 6.07) is 16.1. The summed E-state index contributed by atoms with van der Waals surface area (Å²) in [5.41, 5.74) is 8.43. The number of hydrogen-bond acceptors (Lipinski definition) is 5. The molecule has 0 amide bonds. The normalized spacial score (nSPS) is 11.0. The Morgan fingerprint density at radius 1 is 1.08 bits per heavy atom. The second kappa shape index (κ2) is 11.1. The van der Waals surface area contributed by atoms with Gasteiger partial charge in [0.25, 0.3) is 0 Å². The van der Waals surface area contributed by atoms with Crippen LogP contribution in [0.2, 0.25) is 0 Å². The number of aromatic amines is 1. The molecule has 0 aliphatic carbocycles. The molecule has 0 aliphatic heterocycles. The molecule has 9 heteroatoms. The van der Waals surface area contributed by atoms with Crippen molar-refractivity contribution in [3.63, 3.8) is 0 Å². The van der Waals surface area contributed by atoms with Crippen LogP contribution in [0.3, 0.4) is 0 Å². The third-order valence-corrected chi connectivity index (χ3v) is 5.53. The van der Waals surface area contributed by atoms with Gasteiger partial charge in [-0.15, -0.1) is 0 Å². The average molecular weight is 506 g/mol. The number of imidazole rings is 1. The molecule has 0 atom stereocenters. The molecule has 192 valence electrons. The molecule has 0 radical (unpaired) electrons. The minimum Gasteiger partial charge on any atom is -0.494 e. The van der Waals surface area contributed by atoms with Gasteiger partial charge in [-0.1, -0.05) is 0 Å². The Balaban J connectivity index is 1.78. The number of nitrogens with two attached hydrogens (primary N) is 1. The Morgan fingerprint density at radius 3 is 2.41 bits per heavy atom. The van der Waals surface area contributed by atoms with Gasteiger partial charge >= 0.3 is 0 Å². The van der Waals surface area contributed by atoms with Crippen LogP contribution in [-0.2, 0) is 6.54 Å². The summed E-state index contributed by atoms with van der Waals surface area (Å²) in [5.74, 6) is 0.161. The van der Waals surface area contributed by atoms with Crippen molar-refractivity contribution in [2.24, 2.45) is 5.73 Å². The van der Waals surface area contributed by atoms with Crippen LogP contribution in [0, 0.1) is 17.0 Å². The number of benzene rings is 3. The number of H-pyrrole nitrogens is 1. The second-order valence-electron chi connectivity index (χ2n) is 8.64. The number of rotatable bonds is 10. The maximum atomic E-state index is 15.9. The maximum Gasteiger partial charge on any atom is 0.188 e. The van der Waals surface area contributed by atoms with Crippen LogP contribution in [0.1, 0.15) is 32.2 Å². The van der Waals surface area contributed by atoms with E-state index in [0.717, 1.165) is 5.56 Å². The van der Waals surface area contributed by atoms with E-state index in [0.29, 0.717) is 35.1 Å². The van der Waals surface area contributed by atoms with Crippen LogP contribution >= 0.6 is 0 Å². The highest BCUT2D eigenvalue weighted by Gasteiger charge is 2.22. The number of ether oxygens (including phenoxy) is 2. The zero-order valence-corrected chi connectivity index (χ0v) is 20.9. The summed E-state index contributed by atoms with van der Waals surface area (Å²) in [6.45, 7) is 6.08. The van der Waals surface area contributed by atoms with E-state index in [-0.39, 0.29) is 35.7 Å². The van der Waals surface area contributed by atoms with E-state index in [1.807, 2.05) is 20.8 Å². The standard InChI is InChI=1S/C28H29F2N5O2/c1-4-36-22-13-24(27(30)25(14-22)37-17(2)3)35(21-11-7-19(8-12-21)28(31)32)16-26-33-15-23(34-26)18-5-9-20(29)10-6-18/h5-15,17H,4,16H2,1-3H3,(H3,31,32)(H,33,34). The highest BCUT2D eigenvalue weighted by Crippen LogP contribution is 2.38. The van der Waals surface area contributed by atoms with Crippen LogP contribution < -0.4 is 20.1 Å². The number of amidine groups is 1. The van der Waals surface area contributed by atoms with Crippen molar-refractivity contribution >= 4 is 17.2 Å². The van der Waals surface area contributed by atoms with Crippen molar-refractivity contribution in [2.75, 3.05) is 11.5 Å². The van der Waals surface area contributed by atoms with E-state index in [1.54, 1.807) is 59.6 Å². The summed E-state index contributed by atoms with van der Waals surface area (Å²) < 4.78 is 40.7. The smallest absolute Gasteiger partial charge is 0.188 e. The van der Waals surface area contributed by atoms with E-state index in [4.69, 9.17) is 20.6 Å². The molecular weight excluding hydrogens is 476 g/mol. The number of halogens is 2. The summed E-state index contributed by atoms with van der Waals surface area (Å²) in [5, 5.41) is 7.69. The molecule has 4 N–H and O–H groups in total. The molecule has 0 spiro atoms. The lowest BCUT2D eigenvalue weighted by Gasteiger charge is -2.26. The molecule has 0 aliphatic rings. The van der Waals surface area contributed by atoms with Gasteiger partial charge in [-0.25, -0.2) is 13.8 Å². The molecule has 0 unspecified atom stereocenters. The maximum absolute atomic E-state index is 15.9. The van der Waals surface area contributed by atoms with Crippen molar-refractivity contribution in [3.05, 3.63) is 89.9 Å². The van der Waals surface area contributed by atoms with Gasteiger partial charge < -0.3 is 25.1 Å². The molecule has 4 aromatic rings. The first kappa shape index (κ1) is 25.7. The Bertz CT molecular complexity index is 1370. The predicted molar refractivity (Wildman–Crippen MR) is 141 cm³/mol. The zero-order chi connectivity index (χ0) is 26.5. The van der Waals surface area contributed by atoms with Crippen molar-refractivity contribution in [2.45, 2.75) is 33.4 Å². The fourth-order valence-electron chi connectivity index (χ4n) is 3.84. The number of nitrogen functional groups attached to an aromatic ring is 1. The van der Waals surface area contributed by atoms with Crippen LogP contribution in [-0.4, -0.2) is 28.5 Å². The lowest BCUT2D eigenvalue weighted by atomic mass is 10.1. The van der Waals surface area contributed by atoms with Crippen LogP contribution in [0.5, 0.6) is 11.5 Å². The molecule has 7 nitrogen and oxygen atoms in total. The topological polar surface area (TPSA) is 100 Å². The first-order valence-electron chi connectivity index (χ1n) is 11.9. The predicted octanol–water partition coefficient (Wildman–Crippen LogP) is 6.16. The lowest BCUT2D eigenvalue weighted by molar-refractivity contribution is 0.229. The van der Waals surface area contributed by atoms with Crippen molar-refractivity contribution in [3.8, 4) is 22.8 Å². The largest absolute Gasteiger partial charge is 0.494 e. The number of anilines is 2. The third kappa shape index (κ3) is 6.06. The average Bonchev–Trinajstić information content (AvgIpc) is 3.33. The highest BCUT2D eigenvalue weighted by molar-refractivity contribution is 5.95. The molecule has 3 aromatic carbocycles. The zero-order valence-electron chi connectivity index (χ0n) is 20.9. The molecule has 0 fully saturated rings. The van der Waals surface area contributed by atoms with E-state index in [9.17, 15) is 4.39 Å². The van der Waals surface area contributed by atoms with Gasteiger partial charge in [-0.3, -0.25) is 5.41 Å². The van der Waals surface area contributed by atoms with Gasteiger partial charge in [0.2, 0.25) is 0 Å². The summed E-state index contributed by atoms with van der Waals surface area (Å²) >= 11 is 0. The molecule has 0 bridgehead atoms. The van der Waals surface area contributed by atoms with Crippen LogP contribution in [0.15, 0.2) is 66.9 Å². The van der Waals surface area contributed by atoms with Crippen LogP contribution in [0.4, 0.5) is 20.2 Å². The van der Waals surface area contributed by atoms with E-state index >= 15 is 4.39 Å². The molecule has 0 saturated carbocycles. The van der Waals surface area contributed by atoms with Crippen molar-refractivity contribution in [1.82, 2.24) is 9.97 Å².